The van der Waals surface area contributed by atoms with Gasteiger partial charge in [0.15, 0.2) is 0 Å². The first-order valence-corrected chi connectivity index (χ1v) is 8.43. The normalized spacial score (nSPS) is 16.0. The van der Waals surface area contributed by atoms with E-state index < -0.39 is 0 Å². The van der Waals surface area contributed by atoms with Gasteiger partial charge in [0, 0.05) is 18.3 Å². The number of piperidine rings is 1. The van der Waals surface area contributed by atoms with E-state index in [0.29, 0.717) is 6.04 Å². The van der Waals surface area contributed by atoms with E-state index in [1.54, 1.807) is 6.20 Å². The molecule has 0 atom stereocenters. The van der Waals surface area contributed by atoms with Crippen molar-refractivity contribution in [3.8, 4) is 0 Å². The van der Waals surface area contributed by atoms with Gasteiger partial charge in [0.1, 0.15) is 0 Å². The van der Waals surface area contributed by atoms with Gasteiger partial charge in [-0.25, -0.2) is 0 Å². The fourth-order valence-corrected chi connectivity index (χ4v) is 3.26. The quantitative estimate of drug-likeness (QED) is 0.915. The highest BCUT2D eigenvalue weighted by Gasteiger charge is 2.29. The fraction of sp³-hybridized carbons (Fsp3) is 0.765. The van der Waals surface area contributed by atoms with Crippen LogP contribution in [0.4, 0.5) is 0 Å². The maximum Gasteiger partial charge on any atom is 0.257 e. The lowest BCUT2D eigenvalue weighted by Gasteiger charge is -2.34. The molecule has 0 saturated carbocycles. The molecular formula is C17H31ClN4O. The summed E-state index contributed by atoms with van der Waals surface area (Å²) < 4.78 is 1.95. The van der Waals surface area contributed by atoms with Gasteiger partial charge in [-0.2, -0.15) is 5.10 Å². The average molecular weight is 343 g/mol. The standard InChI is InChI=1S/C17H30N4O.ClH/c1-6-11-20(14-7-9-18-10-8-14)16(22)15-12-19-21(13(15)2)17(3,4)5;/h12,14,18H,6-11H2,1-5H3;1H. The largest absolute Gasteiger partial charge is 0.335 e. The Morgan fingerprint density at radius 2 is 2.00 bits per heavy atom. The predicted octanol–water partition coefficient (Wildman–Crippen LogP) is 2.97. The zero-order valence-corrected chi connectivity index (χ0v) is 15.9. The average Bonchev–Trinajstić information content (AvgIpc) is 2.87. The lowest BCUT2D eigenvalue weighted by Crippen LogP contribution is -2.46. The van der Waals surface area contributed by atoms with Gasteiger partial charge in [-0.3, -0.25) is 9.48 Å². The van der Waals surface area contributed by atoms with Crippen LogP contribution in [0.3, 0.4) is 0 Å². The van der Waals surface area contributed by atoms with Crippen molar-refractivity contribution in [2.24, 2.45) is 0 Å². The Morgan fingerprint density at radius 3 is 2.48 bits per heavy atom. The number of amides is 1. The monoisotopic (exact) mass is 342 g/mol. The van der Waals surface area contributed by atoms with Crippen LogP contribution >= 0.6 is 12.4 Å². The summed E-state index contributed by atoms with van der Waals surface area (Å²) in [7, 11) is 0. The van der Waals surface area contributed by atoms with E-state index in [1.165, 1.54) is 0 Å². The van der Waals surface area contributed by atoms with Crippen LogP contribution in [0.1, 0.15) is 63.0 Å². The Balaban J connectivity index is 0.00000264. The van der Waals surface area contributed by atoms with Crippen molar-refractivity contribution in [1.29, 1.82) is 0 Å². The summed E-state index contributed by atoms with van der Waals surface area (Å²) >= 11 is 0. The highest BCUT2D eigenvalue weighted by atomic mass is 35.5. The molecule has 0 aliphatic carbocycles. The first kappa shape index (κ1) is 20.0. The first-order chi connectivity index (χ1) is 10.4. The maximum atomic E-state index is 13.0. The molecule has 1 aliphatic heterocycles. The molecule has 1 saturated heterocycles. The predicted molar refractivity (Wildman–Crippen MR) is 96.4 cm³/mol. The van der Waals surface area contributed by atoms with E-state index in [9.17, 15) is 4.79 Å². The molecule has 5 nitrogen and oxygen atoms in total. The van der Waals surface area contributed by atoms with E-state index in [4.69, 9.17) is 0 Å². The van der Waals surface area contributed by atoms with Crippen LogP contribution in [0.15, 0.2) is 6.20 Å². The van der Waals surface area contributed by atoms with Crippen molar-refractivity contribution >= 4 is 18.3 Å². The summed E-state index contributed by atoms with van der Waals surface area (Å²) in [6, 6.07) is 0.353. The van der Waals surface area contributed by atoms with Crippen molar-refractivity contribution in [2.75, 3.05) is 19.6 Å². The van der Waals surface area contributed by atoms with E-state index in [0.717, 1.165) is 50.2 Å². The van der Waals surface area contributed by atoms with Crippen LogP contribution in [-0.4, -0.2) is 46.3 Å². The highest BCUT2D eigenvalue weighted by Crippen LogP contribution is 2.22. The highest BCUT2D eigenvalue weighted by molar-refractivity contribution is 5.95. The van der Waals surface area contributed by atoms with Crippen molar-refractivity contribution in [2.45, 2.75) is 65.5 Å². The Bertz CT molecular complexity index is 515. The number of hydrogen-bond acceptors (Lipinski definition) is 3. The minimum atomic E-state index is -0.104. The van der Waals surface area contributed by atoms with Gasteiger partial charge in [-0.05, 0) is 60.0 Å². The molecule has 0 unspecified atom stereocenters. The summed E-state index contributed by atoms with van der Waals surface area (Å²) in [6.07, 6.45) is 4.81. The molecule has 2 heterocycles. The van der Waals surface area contributed by atoms with Crippen molar-refractivity contribution in [3.63, 3.8) is 0 Å². The Kier molecular flexibility index (Phi) is 7.08. The molecule has 6 heteroatoms. The van der Waals surface area contributed by atoms with Crippen LogP contribution in [0, 0.1) is 6.92 Å². The lowest BCUT2D eigenvalue weighted by molar-refractivity contribution is 0.0641. The van der Waals surface area contributed by atoms with Gasteiger partial charge in [0.05, 0.1) is 17.3 Å². The molecule has 1 N–H and O–H groups in total. The smallest absolute Gasteiger partial charge is 0.257 e. The minimum absolute atomic E-state index is 0. The summed E-state index contributed by atoms with van der Waals surface area (Å²) in [5.41, 5.74) is 1.61. The molecule has 1 aliphatic rings. The molecule has 1 aromatic rings. The van der Waals surface area contributed by atoms with Crippen LogP contribution in [0.5, 0.6) is 0 Å². The zero-order chi connectivity index (χ0) is 16.3. The fourth-order valence-electron chi connectivity index (χ4n) is 3.26. The Labute approximate surface area is 146 Å². The molecule has 132 valence electrons. The third kappa shape index (κ3) is 4.48. The van der Waals surface area contributed by atoms with E-state index in [2.05, 4.69) is 43.0 Å². The second-order valence-electron chi connectivity index (χ2n) is 7.21. The summed E-state index contributed by atoms with van der Waals surface area (Å²) in [4.78, 5) is 15.1. The summed E-state index contributed by atoms with van der Waals surface area (Å²) in [5.74, 6) is 0.141. The molecule has 0 spiro atoms. The molecule has 1 amide bonds. The first-order valence-electron chi connectivity index (χ1n) is 8.43. The number of halogens is 1. The molecule has 2 rings (SSSR count). The van der Waals surface area contributed by atoms with Crippen LogP contribution in [0.2, 0.25) is 0 Å². The molecule has 1 aromatic heterocycles. The van der Waals surface area contributed by atoms with Crippen molar-refractivity contribution < 1.29 is 4.79 Å². The van der Waals surface area contributed by atoms with Gasteiger partial charge in [0.25, 0.3) is 5.91 Å². The topological polar surface area (TPSA) is 50.2 Å². The van der Waals surface area contributed by atoms with Crippen LogP contribution < -0.4 is 5.32 Å². The van der Waals surface area contributed by atoms with Gasteiger partial charge in [-0.15, -0.1) is 12.4 Å². The number of nitrogens with one attached hydrogen (secondary N) is 1. The molecule has 0 radical (unpaired) electrons. The number of hydrogen-bond donors (Lipinski definition) is 1. The zero-order valence-electron chi connectivity index (χ0n) is 15.1. The number of nitrogens with zero attached hydrogens (tertiary/aromatic N) is 3. The Morgan fingerprint density at radius 1 is 1.39 bits per heavy atom. The second kappa shape index (κ2) is 8.15. The molecule has 0 aromatic carbocycles. The van der Waals surface area contributed by atoms with Gasteiger partial charge < -0.3 is 10.2 Å². The van der Waals surface area contributed by atoms with Crippen molar-refractivity contribution in [1.82, 2.24) is 20.0 Å². The third-order valence-corrected chi connectivity index (χ3v) is 4.35. The van der Waals surface area contributed by atoms with Gasteiger partial charge in [0.2, 0.25) is 0 Å². The maximum absolute atomic E-state index is 13.0. The van der Waals surface area contributed by atoms with Gasteiger partial charge in [-0.1, -0.05) is 6.92 Å². The van der Waals surface area contributed by atoms with Crippen LogP contribution in [0.25, 0.3) is 0 Å². The van der Waals surface area contributed by atoms with Crippen molar-refractivity contribution in [3.05, 3.63) is 17.5 Å². The number of carbonyl (C=O) groups is 1. The van der Waals surface area contributed by atoms with Crippen LogP contribution in [-0.2, 0) is 5.54 Å². The Hall–Kier alpha value is -1.07. The SMILES string of the molecule is CCCN(C(=O)c1cnn(C(C)(C)C)c1C)C1CCNCC1.Cl. The molecule has 1 fully saturated rings. The summed E-state index contributed by atoms with van der Waals surface area (Å²) in [6.45, 7) is 13.3. The van der Waals surface area contributed by atoms with E-state index in [1.807, 2.05) is 11.6 Å². The van der Waals surface area contributed by atoms with E-state index >= 15 is 0 Å². The lowest BCUT2D eigenvalue weighted by atomic mass is 10.0. The molecule has 23 heavy (non-hydrogen) atoms. The van der Waals surface area contributed by atoms with E-state index in [-0.39, 0.29) is 23.9 Å². The summed E-state index contributed by atoms with van der Waals surface area (Å²) in [5, 5.41) is 7.82. The number of rotatable bonds is 4. The third-order valence-electron chi connectivity index (χ3n) is 4.35. The number of aromatic nitrogens is 2. The van der Waals surface area contributed by atoms with Gasteiger partial charge >= 0.3 is 0 Å². The minimum Gasteiger partial charge on any atom is -0.335 e. The molecular weight excluding hydrogens is 312 g/mol. The second-order valence-corrected chi connectivity index (χ2v) is 7.21. The molecule has 0 bridgehead atoms. The number of carbonyl (C=O) groups excluding carboxylic acids is 1.